The Hall–Kier alpha value is 0. The maximum atomic E-state index is 2.30. The van der Waals surface area contributed by atoms with Crippen LogP contribution in [0.15, 0.2) is 0 Å². The molecule has 0 saturated heterocycles. The third-order valence-electron chi connectivity index (χ3n) is 2.87. The largest absolute Gasteiger partial charge is 0.0683 e. The topological polar surface area (TPSA) is 0 Å². The molecular weight excluding hydrogens is 192 g/mol. The van der Waals surface area contributed by atoms with E-state index in [9.17, 15) is 0 Å². The predicted molar refractivity (Wildman–Crippen MR) is 80.1 cm³/mol. The van der Waals surface area contributed by atoms with E-state index in [1.54, 1.807) is 0 Å². The van der Waals surface area contributed by atoms with Gasteiger partial charge in [-0.15, -0.1) is 0 Å². The molecule has 0 aromatic rings. The molecule has 1 rings (SSSR count). The minimum absolute atomic E-state index is 0.884. The van der Waals surface area contributed by atoms with Crippen molar-refractivity contribution in [3.05, 3.63) is 0 Å². The van der Waals surface area contributed by atoms with Crippen molar-refractivity contribution in [3.8, 4) is 0 Å². The summed E-state index contributed by atoms with van der Waals surface area (Å²) in [6.07, 6.45) is 8.74. The Morgan fingerprint density at radius 1 is 0.875 bits per heavy atom. The second-order valence-corrected chi connectivity index (χ2v) is 4.36. The monoisotopic (exact) mass is 230 g/mol. The van der Waals surface area contributed by atoms with Gasteiger partial charge in [-0.25, -0.2) is 0 Å². The Bertz CT molecular complexity index is 78.0. The van der Waals surface area contributed by atoms with Crippen molar-refractivity contribution in [1.82, 2.24) is 0 Å². The molecule has 0 atom stereocenters. The summed E-state index contributed by atoms with van der Waals surface area (Å²) in [5.41, 5.74) is 0. The summed E-state index contributed by atoms with van der Waals surface area (Å²) < 4.78 is 0. The maximum Gasteiger partial charge on any atom is -0.0417 e. The third-order valence-corrected chi connectivity index (χ3v) is 2.87. The lowest BCUT2D eigenvalue weighted by Gasteiger charge is -1.99. The lowest BCUT2D eigenvalue weighted by atomic mass is 10.1. The quantitative estimate of drug-likeness (QED) is 0.495. The van der Waals surface area contributed by atoms with Crippen LogP contribution >= 0.6 is 0 Å². The van der Waals surface area contributed by atoms with Gasteiger partial charge in [-0.3, -0.25) is 0 Å². The number of rotatable bonds is 2. The molecule has 0 heterocycles. The van der Waals surface area contributed by atoms with Gasteiger partial charge < -0.3 is 0 Å². The molecule has 1 aliphatic carbocycles. The number of hydrogen-bond donors (Lipinski definition) is 0. The van der Waals surface area contributed by atoms with Gasteiger partial charge in [0.2, 0.25) is 0 Å². The molecular formula is C16H38. The average molecular weight is 230 g/mol. The lowest BCUT2D eigenvalue weighted by molar-refractivity contribution is 0.531. The fourth-order valence-corrected chi connectivity index (χ4v) is 1.42. The number of hydrogen-bond acceptors (Lipinski definition) is 0. The summed E-state index contributed by atoms with van der Waals surface area (Å²) in [6.45, 7) is 16.9. The van der Waals surface area contributed by atoms with Crippen LogP contribution in [0.25, 0.3) is 0 Å². The minimum atomic E-state index is 0.884. The fraction of sp³-hybridized carbons (Fsp3) is 1.00. The summed E-state index contributed by atoms with van der Waals surface area (Å²) in [7, 11) is 0. The Morgan fingerprint density at radius 3 is 1.31 bits per heavy atom. The molecule has 0 aromatic carbocycles. The van der Waals surface area contributed by atoms with Gasteiger partial charge in [0.05, 0.1) is 0 Å². The van der Waals surface area contributed by atoms with Crippen molar-refractivity contribution >= 4 is 0 Å². The van der Waals surface area contributed by atoms with Crippen molar-refractivity contribution in [2.45, 2.75) is 93.9 Å². The van der Waals surface area contributed by atoms with E-state index in [0.717, 1.165) is 11.8 Å². The fourth-order valence-electron chi connectivity index (χ4n) is 1.42. The van der Waals surface area contributed by atoms with Crippen LogP contribution in [0.5, 0.6) is 0 Å². The molecule has 0 nitrogen and oxygen atoms in total. The van der Waals surface area contributed by atoms with Gasteiger partial charge in [0, 0.05) is 0 Å². The second-order valence-electron chi connectivity index (χ2n) is 4.36. The zero-order valence-corrected chi connectivity index (χ0v) is 13.4. The van der Waals surface area contributed by atoms with Gasteiger partial charge in [0.25, 0.3) is 0 Å². The molecule has 0 unspecified atom stereocenters. The molecule has 102 valence electrons. The van der Waals surface area contributed by atoms with E-state index in [1.165, 1.54) is 38.5 Å². The van der Waals surface area contributed by atoms with Gasteiger partial charge >= 0.3 is 0 Å². The summed E-state index contributed by atoms with van der Waals surface area (Å²) >= 11 is 0. The molecule has 1 fully saturated rings. The maximum absolute atomic E-state index is 2.30. The highest BCUT2D eigenvalue weighted by atomic mass is 14.2. The van der Waals surface area contributed by atoms with E-state index in [2.05, 4.69) is 27.7 Å². The van der Waals surface area contributed by atoms with E-state index in [1.807, 2.05) is 27.7 Å². The van der Waals surface area contributed by atoms with E-state index >= 15 is 0 Å². The molecule has 0 spiro atoms. The Kier molecular flexibility index (Phi) is 27.2. The van der Waals surface area contributed by atoms with Crippen LogP contribution < -0.4 is 0 Å². The molecule has 0 aromatic heterocycles. The summed E-state index contributed by atoms with van der Waals surface area (Å²) in [5, 5.41) is 0. The van der Waals surface area contributed by atoms with Gasteiger partial charge in [-0.05, 0) is 11.8 Å². The first-order valence-electron chi connectivity index (χ1n) is 7.70. The summed E-state index contributed by atoms with van der Waals surface area (Å²) in [5.74, 6) is 1.98. The molecule has 1 aliphatic rings. The third kappa shape index (κ3) is 19.6. The Labute approximate surface area is 106 Å². The van der Waals surface area contributed by atoms with Crippen molar-refractivity contribution in [3.63, 3.8) is 0 Å². The first kappa shape index (κ1) is 21.3. The highest BCUT2D eigenvalue weighted by Gasteiger charge is 2.11. The van der Waals surface area contributed by atoms with Crippen LogP contribution in [0.3, 0.4) is 0 Å². The lowest BCUT2D eigenvalue weighted by Crippen LogP contribution is -1.86. The normalized spacial score (nSPS) is 14.1. The van der Waals surface area contributed by atoms with Crippen LogP contribution in [0.2, 0.25) is 0 Å². The van der Waals surface area contributed by atoms with Gasteiger partial charge in [-0.2, -0.15) is 0 Å². The predicted octanol–water partition coefficient (Wildman–Crippen LogP) is 6.69. The average Bonchev–Trinajstić information content (AvgIpc) is 2.88. The SMILES string of the molecule is CC.CC.CCC(C)C.CCC1CCCC1. The van der Waals surface area contributed by atoms with Gasteiger partial charge in [0.15, 0.2) is 0 Å². The van der Waals surface area contributed by atoms with Crippen LogP contribution in [-0.2, 0) is 0 Å². The van der Waals surface area contributed by atoms with E-state index in [4.69, 9.17) is 0 Å². The molecule has 0 bridgehead atoms. The molecule has 0 N–H and O–H groups in total. The smallest absolute Gasteiger partial charge is 0.0417 e. The molecule has 0 aliphatic heterocycles. The van der Waals surface area contributed by atoms with Crippen molar-refractivity contribution in [2.24, 2.45) is 11.8 Å². The van der Waals surface area contributed by atoms with Crippen molar-refractivity contribution < 1.29 is 0 Å². The standard InChI is InChI=1S/C7H14.C5H12.2C2H6/c1-2-7-5-3-4-6-7;1-4-5(2)3;2*1-2/h7H,2-6H2,1H3;5H,4H2,1-3H3;2*1-2H3. The first-order valence-corrected chi connectivity index (χ1v) is 7.70. The summed E-state index contributed by atoms with van der Waals surface area (Å²) in [6, 6.07) is 0. The second kappa shape index (κ2) is 20.4. The van der Waals surface area contributed by atoms with Crippen LogP contribution in [0.4, 0.5) is 0 Å². The molecule has 0 radical (unpaired) electrons. The highest BCUT2D eigenvalue weighted by Crippen LogP contribution is 2.26. The highest BCUT2D eigenvalue weighted by molar-refractivity contribution is 4.64. The van der Waals surface area contributed by atoms with Crippen LogP contribution in [0, 0.1) is 11.8 Å². The van der Waals surface area contributed by atoms with E-state index < -0.39 is 0 Å². The Morgan fingerprint density at radius 2 is 1.19 bits per heavy atom. The Balaban J connectivity index is -0.000000167. The minimum Gasteiger partial charge on any atom is -0.0683 e. The zero-order chi connectivity index (χ0) is 13.4. The molecule has 0 heteroatoms. The van der Waals surface area contributed by atoms with Crippen molar-refractivity contribution in [1.29, 1.82) is 0 Å². The van der Waals surface area contributed by atoms with E-state index in [-0.39, 0.29) is 0 Å². The van der Waals surface area contributed by atoms with Crippen LogP contribution in [-0.4, -0.2) is 0 Å². The molecule has 1 saturated carbocycles. The summed E-state index contributed by atoms with van der Waals surface area (Å²) in [4.78, 5) is 0. The molecule has 16 heavy (non-hydrogen) atoms. The zero-order valence-electron chi connectivity index (χ0n) is 13.4. The van der Waals surface area contributed by atoms with Crippen molar-refractivity contribution in [2.75, 3.05) is 0 Å². The van der Waals surface area contributed by atoms with Gasteiger partial charge in [-0.1, -0.05) is 93.9 Å². The first-order chi connectivity index (χ1) is 7.70. The van der Waals surface area contributed by atoms with E-state index in [0.29, 0.717) is 0 Å². The van der Waals surface area contributed by atoms with Gasteiger partial charge in [0.1, 0.15) is 0 Å². The van der Waals surface area contributed by atoms with Crippen LogP contribution in [0.1, 0.15) is 93.9 Å². The molecule has 0 amide bonds.